The summed E-state index contributed by atoms with van der Waals surface area (Å²) in [5, 5.41) is 13.9. The molecule has 0 saturated heterocycles. The Balaban J connectivity index is 1.99. The molecule has 2 aromatic rings. The number of hydrogen-bond acceptors (Lipinski definition) is 4. The van der Waals surface area contributed by atoms with Gasteiger partial charge in [-0.15, -0.1) is 0 Å². The Hall–Kier alpha value is -1.21. The molecule has 2 rings (SSSR count). The number of benzene rings is 1. The van der Waals surface area contributed by atoms with E-state index in [1.54, 1.807) is 37.3 Å². The molecule has 1 aromatic carbocycles. The van der Waals surface area contributed by atoms with Crippen molar-refractivity contribution in [1.29, 1.82) is 0 Å². The van der Waals surface area contributed by atoms with E-state index in [4.69, 9.17) is 0 Å². The highest BCUT2D eigenvalue weighted by Crippen LogP contribution is 2.22. The summed E-state index contributed by atoms with van der Waals surface area (Å²) in [4.78, 5) is 0. The van der Waals surface area contributed by atoms with Crippen LogP contribution in [0.2, 0.25) is 0 Å². The van der Waals surface area contributed by atoms with Crippen LogP contribution in [-0.2, 0) is 21.4 Å². The van der Waals surface area contributed by atoms with Crippen LogP contribution in [0.25, 0.3) is 0 Å². The molecule has 0 aliphatic carbocycles. The second kappa shape index (κ2) is 6.05. The third-order valence-corrected chi connectivity index (χ3v) is 4.96. The van der Waals surface area contributed by atoms with Gasteiger partial charge in [-0.1, -0.05) is 30.3 Å². The highest BCUT2D eigenvalue weighted by molar-refractivity contribution is 7.88. The van der Waals surface area contributed by atoms with E-state index in [1.165, 1.54) is 11.3 Å². The summed E-state index contributed by atoms with van der Waals surface area (Å²) in [6, 6.07) is 10.7. The first kappa shape index (κ1) is 15.2. The maximum atomic E-state index is 12.0. The lowest BCUT2D eigenvalue weighted by Crippen LogP contribution is -2.38. The molecule has 0 amide bonds. The minimum atomic E-state index is -3.47. The van der Waals surface area contributed by atoms with Crippen LogP contribution in [0.4, 0.5) is 0 Å². The first-order valence-electron chi connectivity index (χ1n) is 6.15. The van der Waals surface area contributed by atoms with Gasteiger partial charge in [-0.05, 0) is 34.9 Å². The zero-order valence-electron chi connectivity index (χ0n) is 11.1. The average Bonchev–Trinajstić information content (AvgIpc) is 2.92. The third kappa shape index (κ3) is 4.14. The molecule has 0 aliphatic rings. The van der Waals surface area contributed by atoms with Crippen molar-refractivity contribution in [3.05, 3.63) is 58.3 Å². The molecule has 0 radical (unpaired) electrons. The van der Waals surface area contributed by atoms with E-state index >= 15 is 0 Å². The predicted octanol–water partition coefficient (Wildman–Crippen LogP) is 2.08. The molecule has 1 heterocycles. The molecule has 0 aliphatic heterocycles. The Kier molecular flexibility index (Phi) is 4.59. The van der Waals surface area contributed by atoms with Crippen molar-refractivity contribution in [2.75, 3.05) is 6.54 Å². The minimum Gasteiger partial charge on any atom is -0.384 e. The van der Waals surface area contributed by atoms with Gasteiger partial charge in [-0.2, -0.15) is 11.3 Å². The molecule has 1 aromatic heterocycles. The standard InChI is InChI=1S/C14H17NO3S2/c1-14(16,13-7-8-19-9-13)11-15-20(17,18)10-12-5-3-2-4-6-12/h2-9,15-16H,10-11H2,1H3. The van der Waals surface area contributed by atoms with E-state index in [-0.39, 0.29) is 12.3 Å². The molecular weight excluding hydrogens is 294 g/mol. The Morgan fingerprint density at radius 2 is 1.95 bits per heavy atom. The summed E-state index contributed by atoms with van der Waals surface area (Å²) in [7, 11) is -3.47. The molecule has 0 bridgehead atoms. The van der Waals surface area contributed by atoms with Crippen LogP contribution < -0.4 is 4.72 Å². The minimum absolute atomic E-state index is 0.0428. The van der Waals surface area contributed by atoms with E-state index in [1.807, 2.05) is 16.8 Å². The summed E-state index contributed by atoms with van der Waals surface area (Å²) in [6.45, 7) is 1.55. The molecule has 6 heteroatoms. The molecule has 20 heavy (non-hydrogen) atoms. The number of hydrogen-bond donors (Lipinski definition) is 2. The quantitative estimate of drug-likeness (QED) is 0.858. The Bertz CT molecular complexity index is 634. The topological polar surface area (TPSA) is 66.4 Å². The normalized spacial score (nSPS) is 14.9. The van der Waals surface area contributed by atoms with Gasteiger partial charge in [0.25, 0.3) is 0 Å². The lowest BCUT2D eigenvalue weighted by molar-refractivity contribution is 0.0632. The Labute approximate surface area is 123 Å². The molecular formula is C14H17NO3S2. The Morgan fingerprint density at radius 3 is 2.55 bits per heavy atom. The van der Waals surface area contributed by atoms with E-state index < -0.39 is 15.6 Å². The Morgan fingerprint density at radius 1 is 1.25 bits per heavy atom. The molecule has 0 fully saturated rings. The highest BCUT2D eigenvalue weighted by Gasteiger charge is 2.25. The maximum absolute atomic E-state index is 12.0. The molecule has 4 nitrogen and oxygen atoms in total. The molecule has 1 atom stereocenters. The van der Waals surface area contributed by atoms with E-state index in [2.05, 4.69) is 4.72 Å². The van der Waals surface area contributed by atoms with Gasteiger partial charge in [-0.25, -0.2) is 13.1 Å². The molecule has 2 N–H and O–H groups in total. The fourth-order valence-electron chi connectivity index (χ4n) is 1.77. The van der Waals surface area contributed by atoms with Gasteiger partial charge >= 0.3 is 0 Å². The summed E-state index contributed by atoms with van der Waals surface area (Å²) in [5.41, 5.74) is 0.226. The smallest absolute Gasteiger partial charge is 0.215 e. The summed E-state index contributed by atoms with van der Waals surface area (Å²) in [5.74, 6) is -0.0897. The van der Waals surface area contributed by atoms with Crippen molar-refractivity contribution >= 4 is 21.4 Å². The summed E-state index contributed by atoms with van der Waals surface area (Å²) < 4.78 is 26.5. The zero-order valence-corrected chi connectivity index (χ0v) is 12.7. The van der Waals surface area contributed by atoms with Gasteiger partial charge in [0, 0.05) is 6.54 Å². The van der Waals surface area contributed by atoms with Crippen molar-refractivity contribution in [1.82, 2.24) is 4.72 Å². The van der Waals surface area contributed by atoms with Crippen molar-refractivity contribution in [2.45, 2.75) is 18.3 Å². The van der Waals surface area contributed by atoms with Gasteiger partial charge in [0.05, 0.1) is 5.75 Å². The largest absolute Gasteiger partial charge is 0.384 e. The van der Waals surface area contributed by atoms with E-state index in [0.717, 1.165) is 5.56 Å². The number of nitrogens with one attached hydrogen (secondary N) is 1. The molecule has 108 valence electrons. The third-order valence-electron chi connectivity index (χ3n) is 2.98. The van der Waals surface area contributed by atoms with Crippen LogP contribution in [0.1, 0.15) is 18.1 Å². The number of rotatable bonds is 6. The maximum Gasteiger partial charge on any atom is 0.215 e. The first-order valence-corrected chi connectivity index (χ1v) is 8.75. The fraction of sp³-hybridized carbons (Fsp3) is 0.286. The molecule has 0 spiro atoms. The van der Waals surface area contributed by atoms with Gasteiger partial charge in [-0.3, -0.25) is 0 Å². The van der Waals surface area contributed by atoms with Crippen molar-refractivity contribution in [2.24, 2.45) is 0 Å². The van der Waals surface area contributed by atoms with Crippen LogP contribution in [0.3, 0.4) is 0 Å². The first-order chi connectivity index (χ1) is 9.39. The van der Waals surface area contributed by atoms with Crippen LogP contribution in [0.5, 0.6) is 0 Å². The van der Waals surface area contributed by atoms with E-state index in [0.29, 0.717) is 5.56 Å². The fourth-order valence-corrected chi connectivity index (χ4v) is 3.79. The SMILES string of the molecule is CC(O)(CNS(=O)(=O)Cc1ccccc1)c1ccsc1. The van der Waals surface area contributed by atoms with E-state index in [9.17, 15) is 13.5 Å². The van der Waals surface area contributed by atoms with Gasteiger partial charge in [0.1, 0.15) is 5.60 Å². The van der Waals surface area contributed by atoms with Gasteiger partial charge in [0.2, 0.25) is 10.0 Å². The van der Waals surface area contributed by atoms with Crippen LogP contribution in [-0.4, -0.2) is 20.1 Å². The number of sulfonamides is 1. The second-order valence-electron chi connectivity index (χ2n) is 4.85. The highest BCUT2D eigenvalue weighted by atomic mass is 32.2. The van der Waals surface area contributed by atoms with Crippen molar-refractivity contribution < 1.29 is 13.5 Å². The molecule has 0 saturated carbocycles. The van der Waals surface area contributed by atoms with Crippen LogP contribution >= 0.6 is 11.3 Å². The number of thiophene rings is 1. The molecule has 1 unspecified atom stereocenters. The monoisotopic (exact) mass is 311 g/mol. The van der Waals surface area contributed by atoms with Gasteiger partial charge in [0.15, 0.2) is 0 Å². The summed E-state index contributed by atoms with van der Waals surface area (Å²) >= 11 is 1.47. The predicted molar refractivity (Wildman–Crippen MR) is 81.0 cm³/mol. The number of aliphatic hydroxyl groups is 1. The van der Waals surface area contributed by atoms with Crippen LogP contribution in [0.15, 0.2) is 47.2 Å². The second-order valence-corrected chi connectivity index (χ2v) is 7.44. The lowest BCUT2D eigenvalue weighted by Gasteiger charge is -2.22. The van der Waals surface area contributed by atoms with Crippen LogP contribution in [0, 0.1) is 0 Å². The average molecular weight is 311 g/mol. The summed E-state index contributed by atoms with van der Waals surface area (Å²) in [6.07, 6.45) is 0. The van der Waals surface area contributed by atoms with Crippen molar-refractivity contribution in [3.63, 3.8) is 0 Å². The lowest BCUT2D eigenvalue weighted by atomic mass is 10.0. The van der Waals surface area contributed by atoms with Gasteiger partial charge < -0.3 is 5.11 Å². The zero-order chi connectivity index (χ0) is 14.6. The van der Waals surface area contributed by atoms with Crippen molar-refractivity contribution in [3.8, 4) is 0 Å².